The van der Waals surface area contributed by atoms with E-state index in [4.69, 9.17) is 4.74 Å². The number of methoxy groups -OCH3 is 1. The molecule has 0 N–H and O–H groups in total. The van der Waals surface area contributed by atoms with Crippen molar-refractivity contribution in [2.24, 2.45) is 40.9 Å². The summed E-state index contributed by atoms with van der Waals surface area (Å²) in [6.45, 7) is 0. The molecule has 4 aromatic carbocycles. The van der Waals surface area contributed by atoms with Crippen LogP contribution in [-0.2, 0) is 20.4 Å². The minimum Gasteiger partial charge on any atom is -0.469 e. The summed E-state index contributed by atoms with van der Waals surface area (Å²) in [7, 11) is 1.59. The Balaban J connectivity index is 1.06. The highest BCUT2D eigenvalue weighted by molar-refractivity contribution is 6.21. The molecule has 0 amide bonds. The smallest absolute Gasteiger partial charge is 0.305 e. The summed E-state index contributed by atoms with van der Waals surface area (Å²) >= 11 is 0. The fourth-order valence-electron chi connectivity index (χ4n) is 23.3. The van der Waals surface area contributed by atoms with Crippen molar-refractivity contribution in [2.75, 3.05) is 7.11 Å². The molecule has 3 fully saturated rings. The van der Waals surface area contributed by atoms with Crippen molar-refractivity contribution >= 4 is 33.5 Å². The molecule has 16 unspecified atom stereocenters. The molecule has 0 aliphatic heterocycles. The number of fused-ring (bicyclic) bond motifs is 2. The van der Waals surface area contributed by atoms with E-state index >= 15 is 0 Å². The average Bonchev–Trinajstić information content (AvgIpc) is 4.04. The Kier molecular flexibility index (Phi) is 3.84. The number of ether oxygens (including phenoxy) is 1. The number of esters is 1. The van der Waals surface area contributed by atoms with E-state index in [2.05, 4.69) is 85.0 Å². The van der Waals surface area contributed by atoms with Gasteiger partial charge in [0.25, 0.3) is 0 Å². The number of hydrogen-bond acceptors (Lipinski definition) is 2. The van der Waals surface area contributed by atoms with E-state index in [-0.39, 0.29) is 22.2 Å². The first-order valence-corrected chi connectivity index (χ1v) is 24.9. The van der Waals surface area contributed by atoms with Crippen LogP contribution < -0.4 is 0 Å². The predicted octanol–water partition coefficient (Wildman–Crippen LogP) is 12.1. The van der Waals surface area contributed by atoms with Crippen LogP contribution in [-0.4, -0.2) is 13.1 Å². The number of allylic oxidation sites excluding steroid dienone is 16. The molecule has 0 bridgehead atoms. The molecule has 2 heteroatoms. The molecule has 18 aliphatic rings. The van der Waals surface area contributed by atoms with E-state index in [1.807, 2.05) is 39.0 Å². The lowest BCUT2D eigenvalue weighted by Crippen LogP contribution is -2.40. The minimum atomic E-state index is -0.143. The van der Waals surface area contributed by atoms with Gasteiger partial charge < -0.3 is 4.74 Å². The van der Waals surface area contributed by atoms with Gasteiger partial charge in [0.05, 0.1) is 7.11 Å². The summed E-state index contributed by atoms with van der Waals surface area (Å²) in [5, 5.41) is 3.58. The van der Waals surface area contributed by atoms with E-state index in [0.29, 0.717) is 83.4 Å². The fraction of sp³-hybridized carbons (Fsp3) is 0.361. The first-order valence-electron chi connectivity index (χ1n) is 24.9. The standard InChI is InChI=1S/C61H40O2/c1-63-33(62)8-5-15-59(26-6-3-2-4-7-26)60-55-31-14-13-28-27-11-12-29-32-20-25-19-23-18-24-17-22-16-21-9-10-30(31)56(60)50-34(21)35(22)44-38(24)43-36(23)37(25)45-41(32)46-39(29)40(27)51(42(28)55)57-52(46)54-49(45)47(43)48(44)53(50)58(54)61(57,59)60/h2-4,6-7,9-14,17-18,20-21,24,29-32,36,38,41-43,55-56H,5,8,15-16,19H2,1H3. The maximum atomic E-state index is 13.4. The number of hydrogen-bond donors (Lipinski definition) is 0. The van der Waals surface area contributed by atoms with Gasteiger partial charge in [-0.05, 0) is 183 Å². The summed E-state index contributed by atoms with van der Waals surface area (Å²) in [6.07, 6.45) is 29.9. The van der Waals surface area contributed by atoms with E-state index in [1.54, 1.807) is 101 Å². The lowest BCUT2D eigenvalue weighted by atomic mass is 9.55. The molecule has 2 nitrogen and oxygen atoms in total. The molecule has 0 radical (unpaired) electrons. The van der Waals surface area contributed by atoms with Crippen LogP contribution in [0.2, 0.25) is 0 Å². The molecule has 18 aliphatic carbocycles. The number of carbonyl (C=O) groups excluding carboxylic acids is 1. The maximum absolute atomic E-state index is 13.4. The molecule has 63 heavy (non-hydrogen) atoms. The minimum absolute atomic E-state index is 0.00471. The van der Waals surface area contributed by atoms with Crippen LogP contribution in [0.4, 0.5) is 0 Å². The predicted molar refractivity (Wildman–Crippen MR) is 241 cm³/mol. The molecule has 0 aromatic heterocycles. The second kappa shape index (κ2) is 8.12. The van der Waals surface area contributed by atoms with Crippen LogP contribution in [0, 0.1) is 40.9 Å². The summed E-state index contributed by atoms with van der Waals surface area (Å²) in [6, 6.07) is 12.2. The normalized spacial score (nSPS) is 45.0. The summed E-state index contributed by atoms with van der Waals surface area (Å²) in [4.78, 5) is 13.4. The van der Waals surface area contributed by atoms with Crippen LogP contribution in [0.15, 0.2) is 107 Å². The molecule has 3 saturated carbocycles. The van der Waals surface area contributed by atoms with Crippen molar-refractivity contribution < 1.29 is 9.53 Å². The monoisotopic (exact) mass is 804 g/mol. The molecule has 22 rings (SSSR count). The van der Waals surface area contributed by atoms with Crippen LogP contribution in [0.25, 0.3) is 38.6 Å². The molecule has 296 valence electrons. The third kappa shape index (κ3) is 2.18. The number of benzene rings is 4. The zero-order chi connectivity index (χ0) is 39.6. The molecular weight excluding hydrogens is 765 g/mol. The first-order chi connectivity index (χ1) is 31.2. The highest BCUT2D eigenvalue weighted by Crippen LogP contribution is 3.02. The summed E-state index contributed by atoms with van der Waals surface area (Å²) in [5.74, 6) is 6.30. The van der Waals surface area contributed by atoms with Gasteiger partial charge in [0.2, 0.25) is 0 Å². The first kappa shape index (κ1) is 29.8. The Morgan fingerprint density at radius 2 is 1.63 bits per heavy atom. The molecule has 16 atom stereocenters. The SMILES string of the molecule is COC(=O)CCCC1(c2ccccc2)C23c4c5c6c7c8c4C4C9=C8C=CC7C7C=C8CC%10=CC%11C=C%12CC%13C=CC%14C(C=C9)C4C12C%14c1c%13c%12c2c4c9c(c-5c3c14)C(=C8C%10C9C2%11)C67. The van der Waals surface area contributed by atoms with Gasteiger partial charge in [0.1, 0.15) is 0 Å². The van der Waals surface area contributed by atoms with E-state index in [0.717, 1.165) is 12.8 Å². The summed E-state index contributed by atoms with van der Waals surface area (Å²) in [5.41, 5.74) is 38.4. The molecule has 0 heterocycles. The van der Waals surface area contributed by atoms with Gasteiger partial charge >= 0.3 is 5.97 Å². The Labute approximate surface area is 364 Å². The van der Waals surface area contributed by atoms with Gasteiger partial charge in [-0.3, -0.25) is 4.79 Å². The third-order valence-corrected chi connectivity index (χ3v) is 23.5. The number of rotatable bonds is 5. The van der Waals surface area contributed by atoms with Crippen LogP contribution >= 0.6 is 0 Å². The lowest BCUT2D eigenvalue weighted by molar-refractivity contribution is -0.140. The second-order valence-corrected chi connectivity index (χ2v) is 23.8. The van der Waals surface area contributed by atoms with Gasteiger partial charge in [-0.15, -0.1) is 0 Å². The Bertz CT molecular complexity index is 3700. The topological polar surface area (TPSA) is 26.3 Å². The highest BCUT2D eigenvalue weighted by atomic mass is 16.5. The van der Waals surface area contributed by atoms with Crippen molar-refractivity contribution in [3.8, 4) is 11.1 Å². The lowest BCUT2D eigenvalue weighted by Gasteiger charge is -2.46. The van der Waals surface area contributed by atoms with Crippen molar-refractivity contribution in [3.63, 3.8) is 0 Å². The van der Waals surface area contributed by atoms with E-state index < -0.39 is 0 Å². The van der Waals surface area contributed by atoms with E-state index in [9.17, 15) is 4.79 Å². The van der Waals surface area contributed by atoms with Gasteiger partial charge in [-0.2, -0.15) is 0 Å². The van der Waals surface area contributed by atoms with Crippen molar-refractivity contribution in [1.82, 2.24) is 0 Å². The van der Waals surface area contributed by atoms with Gasteiger partial charge in [-0.25, -0.2) is 0 Å². The van der Waals surface area contributed by atoms with Crippen molar-refractivity contribution in [2.45, 2.75) is 84.4 Å². The largest absolute Gasteiger partial charge is 0.469 e. The molecule has 0 saturated heterocycles. The van der Waals surface area contributed by atoms with Gasteiger partial charge in [0, 0.05) is 70.0 Å². The summed E-state index contributed by atoms with van der Waals surface area (Å²) < 4.78 is 5.47. The Morgan fingerprint density at radius 3 is 2.56 bits per heavy atom. The second-order valence-electron chi connectivity index (χ2n) is 23.8. The van der Waals surface area contributed by atoms with Crippen LogP contribution in [0.1, 0.15) is 146 Å². The van der Waals surface area contributed by atoms with Crippen molar-refractivity contribution in [3.05, 3.63) is 180 Å². The average molecular weight is 805 g/mol. The maximum Gasteiger partial charge on any atom is 0.305 e. The fourth-order valence-corrected chi connectivity index (χ4v) is 23.3. The zero-order valence-electron chi connectivity index (χ0n) is 34.9. The highest BCUT2D eigenvalue weighted by Gasteiger charge is 2.99. The quantitative estimate of drug-likeness (QED) is 0.148. The van der Waals surface area contributed by atoms with Crippen molar-refractivity contribution in [1.29, 1.82) is 0 Å². The Morgan fingerprint density at radius 1 is 0.714 bits per heavy atom. The molecule has 4 aromatic rings. The zero-order valence-corrected chi connectivity index (χ0v) is 34.9. The molecular formula is C61H40O2. The van der Waals surface area contributed by atoms with E-state index in [1.165, 1.54) is 12.8 Å². The van der Waals surface area contributed by atoms with Gasteiger partial charge in [0.15, 0.2) is 0 Å². The Hall–Kier alpha value is -5.47. The van der Waals surface area contributed by atoms with Gasteiger partial charge in [-0.1, -0.05) is 90.6 Å². The molecule has 2 spiro atoms. The third-order valence-electron chi connectivity index (χ3n) is 23.5. The van der Waals surface area contributed by atoms with Crippen LogP contribution in [0.5, 0.6) is 0 Å². The van der Waals surface area contributed by atoms with Crippen LogP contribution in [0.3, 0.4) is 0 Å². The number of carbonyl (C=O) groups is 1.